The Hall–Kier alpha value is -0.740. The fourth-order valence-corrected chi connectivity index (χ4v) is 2.50. The Morgan fingerprint density at radius 3 is 2.24 bits per heavy atom. The molecule has 0 aromatic rings. The molecular formula is C12H24O8S. The lowest BCUT2D eigenvalue weighted by atomic mass is 9.92. The molecule has 0 rings (SSSR count). The molecule has 0 saturated carbocycles. The van der Waals surface area contributed by atoms with Crippen molar-refractivity contribution in [2.45, 2.75) is 63.4 Å². The first-order valence-electron chi connectivity index (χ1n) is 6.82. The maximum absolute atomic E-state index is 11.4. The summed E-state index contributed by atoms with van der Waals surface area (Å²) in [5, 5.41) is 26.3. The molecule has 0 aromatic carbocycles. The molecule has 0 saturated heterocycles. The fourth-order valence-electron chi connectivity index (χ4n) is 1.97. The highest BCUT2D eigenvalue weighted by Gasteiger charge is 2.34. The van der Waals surface area contributed by atoms with Crippen LogP contribution in [0.3, 0.4) is 0 Å². The summed E-state index contributed by atoms with van der Waals surface area (Å²) in [5.74, 6) is -1.81. The van der Waals surface area contributed by atoms with Crippen molar-refractivity contribution in [1.29, 1.82) is 0 Å². The molecule has 4 N–H and O–H groups in total. The van der Waals surface area contributed by atoms with Gasteiger partial charge in [-0.3, -0.25) is 4.55 Å². The predicted molar refractivity (Wildman–Crippen MR) is 74.0 cm³/mol. The summed E-state index contributed by atoms with van der Waals surface area (Å²) >= 11 is 0. The molecule has 126 valence electrons. The van der Waals surface area contributed by atoms with Gasteiger partial charge in [-0.1, -0.05) is 26.2 Å². The zero-order valence-corrected chi connectivity index (χ0v) is 13.0. The van der Waals surface area contributed by atoms with Gasteiger partial charge in [0.15, 0.2) is 0 Å². The molecule has 9 heteroatoms. The zero-order valence-electron chi connectivity index (χ0n) is 12.2. The number of hydrogen-bond donors (Lipinski definition) is 4. The molecule has 4 atom stereocenters. The zero-order chi connectivity index (χ0) is 16.6. The Morgan fingerprint density at radius 2 is 1.81 bits per heavy atom. The summed E-state index contributed by atoms with van der Waals surface area (Å²) in [7, 11) is -4.51. The van der Waals surface area contributed by atoms with Crippen LogP contribution in [0, 0.1) is 5.92 Å². The van der Waals surface area contributed by atoms with Crippen LogP contribution in [0.2, 0.25) is 0 Å². The predicted octanol–water partition coefficient (Wildman–Crippen LogP) is 0.587. The number of hydrogen-bond acceptors (Lipinski definition) is 7. The lowest BCUT2D eigenvalue weighted by molar-refractivity contribution is -0.240. The first kappa shape index (κ1) is 20.3. The van der Waals surface area contributed by atoms with Gasteiger partial charge in [-0.25, -0.2) is 4.79 Å². The highest BCUT2D eigenvalue weighted by molar-refractivity contribution is 7.86. The van der Waals surface area contributed by atoms with E-state index in [4.69, 9.17) is 9.81 Å². The molecule has 0 amide bonds. The highest BCUT2D eigenvalue weighted by Crippen LogP contribution is 2.21. The van der Waals surface area contributed by atoms with Crippen LogP contribution in [0.1, 0.15) is 46.0 Å². The molecule has 0 aliphatic rings. The van der Waals surface area contributed by atoms with E-state index in [2.05, 4.69) is 4.89 Å². The second-order valence-electron chi connectivity index (χ2n) is 5.12. The van der Waals surface area contributed by atoms with Crippen molar-refractivity contribution < 1.29 is 38.1 Å². The van der Waals surface area contributed by atoms with Gasteiger partial charge < -0.3 is 15.1 Å². The van der Waals surface area contributed by atoms with E-state index in [9.17, 15) is 23.4 Å². The van der Waals surface area contributed by atoms with Gasteiger partial charge in [0.2, 0.25) is 0 Å². The first-order chi connectivity index (χ1) is 9.65. The third kappa shape index (κ3) is 7.18. The van der Waals surface area contributed by atoms with E-state index in [1.54, 1.807) is 0 Å². The van der Waals surface area contributed by atoms with E-state index in [-0.39, 0.29) is 6.42 Å². The smallest absolute Gasteiger partial charge is 0.345 e. The Morgan fingerprint density at radius 1 is 1.24 bits per heavy atom. The van der Waals surface area contributed by atoms with Gasteiger partial charge in [0.25, 0.3) is 10.1 Å². The molecule has 21 heavy (non-hydrogen) atoms. The van der Waals surface area contributed by atoms with Gasteiger partial charge in [0.05, 0.1) is 18.1 Å². The second-order valence-corrected chi connectivity index (χ2v) is 6.89. The standard InChI is InChI=1S/C12H24O8S/c1-3-4-5-6-9(12(15)20-16)7-10(13)11(14)8(2)21(17,18)19/h8-11,13-14,16H,3-7H2,1-2H3,(H,17,18,19). The molecule has 0 fully saturated rings. The molecule has 8 nitrogen and oxygen atoms in total. The Balaban J connectivity index is 4.71. The summed E-state index contributed by atoms with van der Waals surface area (Å²) in [5.41, 5.74) is 0. The largest absolute Gasteiger partial charge is 0.390 e. The van der Waals surface area contributed by atoms with Gasteiger partial charge in [-0.05, 0) is 19.8 Å². The first-order valence-corrected chi connectivity index (χ1v) is 8.33. The Kier molecular flexibility index (Phi) is 8.98. The van der Waals surface area contributed by atoms with Crippen LogP contribution >= 0.6 is 0 Å². The minimum Gasteiger partial charge on any atom is -0.390 e. The molecule has 0 aliphatic carbocycles. The maximum Gasteiger partial charge on any atom is 0.345 e. The lowest BCUT2D eigenvalue weighted by Gasteiger charge is -2.24. The third-order valence-corrected chi connectivity index (χ3v) is 4.67. The van der Waals surface area contributed by atoms with Crippen LogP contribution < -0.4 is 0 Å². The minimum absolute atomic E-state index is 0.274. The summed E-state index contributed by atoms with van der Waals surface area (Å²) in [6, 6.07) is 0. The van der Waals surface area contributed by atoms with Crippen molar-refractivity contribution in [2.24, 2.45) is 5.92 Å². The Bertz CT molecular complexity index is 407. The molecular weight excluding hydrogens is 304 g/mol. The third-order valence-electron chi connectivity index (χ3n) is 3.45. The van der Waals surface area contributed by atoms with E-state index in [0.717, 1.165) is 19.8 Å². The van der Waals surface area contributed by atoms with E-state index >= 15 is 0 Å². The van der Waals surface area contributed by atoms with E-state index in [1.165, 1.54) is 0 Å². The van der Waals surface area contributed by atoms with Crippen molar-refractivity contribution in [3.05, 3.63) is 0 Å². The number of rotatable bonds is 10. The average molecular weight is 328 g/mol. The topological polar surface area (TPSA) is 141 Å². The SMILES string of the molecule is CCCCCC(CC(O)C(O)C(C)S(=O)(=O)O)C(=O)OO. The van der Waals surface area contributed by atoms with E-state index in [1.807, 2.05) is 6.92 Å². The summed E-state index contributed by atoms with van der Waals surface area (Å²) in [6.45, 7) is 3.01. The van der Waals surface area contributed by atoms with E-state index < -0.39 is 39.5 Å². The van der Waals surface area contributed by atoms with E-state index in [0.29, 0.717) is 12.8 Å². The highest BCUT2D eigenvalue weighted by atomic mass is 32.2. The van der Waals surface area contributed by atoms with Gasteiger partial charge >= 0.3 is 5.97 Å². The molecule has 0 heterocycles. The van der Waals surface area contributed by atoms with Gasteiger partial charge in [-0.2, -0.15) is 13.7 Å². The average Bonchev–Trinajstić information content (AvgIpc) is 2.42. The van der Waals surface area contributed by atoms with Crippen LogP contribution in [-0.4, -0.2) is 51.9 Å². The number of aliphatic hydroxyl groups is 2. The fraction of sp³-hybridized carbons (Fsp3) is 0.917. The van der Waals surface area contributed by atoms with Crippen molar-refractivity contribution >= 4 is 16.1 Å². The lowest BCUT2D eigenvalue weighted by Crippen LogP contribution is -2.41. The summed E-state index contributed by atoms with van der Waals surface area (Å²) < 4.78 is 30.7. The molecule has 0 bridgehead atoms. The number of carbonyl (C=O) groups is 1. The van der Waals surface area contributed by atoms with Crippen LogP contribution in [0.15, 0.2) is 0 Å². The summed E-state index contributed by atoms with van der Waals surface area (Å²) in [4.78, 5) is 15.1. The van der Waals surface area contributed by atoms with Crippen LogP contribution in [0.25, 0.3) is 0 Å². The maximum atomic E-state index is 11.4. The molecule has 0 radical (unpaired) electrons. The van der Waals surface area contributed by atoms with Gasteiger partial charge in [0.1, 0.15) is 5.25 Å². The van der Waals surface area contributed by atoms with Crippen molar-refractivity contribution in [1.82, 2.24) is 0 Å². The quantitative estimate of drug-likeness (QED) is 0.197. The monoisotopic (exact) mass is 328 g/mol. The summed E-state index contributed by atoms with van der Waals surface area (Å²) in [6.07, 6.45) is -0.831. The molecule has 4 unspecified atom stereocenters. The van der Waals surface area contributed by atoms with Crippen molar-refractivity contribution in [3.63, 3.8) is 0 Å². The number of aliphatic hydroxyl groups excluding tert-OH is 2. The van der Waals surface area contributed by atoms with Gasteiger partial charge in [-0.15, -0.1) is 0 Å². The van der Waals surface area contributed by atoms with Crippen LogP contribution in [0.4, 0.5) is 0 Å². The minimum atomic E-state index is -4.51. The molecule has 0 spiro atoms. The normalized spacial score (nSPS) is 17.8. The van der Waals surface area contributed by atoms with Gasteiger partial charge in [0, 0.05) is 0 Å². The Labute approximate surface area is 124 Å². The van der Waals surface area contributed by atoms with Crippen LogP contribution in [0.5, 0.6) is 0 Å². The second kappa shape index (κ2) is 9.31. The van der Waals surface area contributed by atoms with Crippen LogP contribution in [-0.2, 0) is 19.8 Å². The molecule has 0 aliphatic heterocycles. The molecule has 0 aromatic heterocycles. The number of carbonyl (C=O) groups excluding carboxylic acids is 1. The number of unbranched alkanes of at least 4 members (excludes halogenated alkanes) is 2. The van der Waals surface area contributed by atoms with Crippen molar-refractivity contribution in [2.75, 3.05) is 0 Å². The van der Waals surface area contributed by atoms with Crippen molar-refractivity contribution in [3.8, 4) is 0 Å².